The van der Waals surface area contributed by atoms with Gasteiger partial charge >= 0.3 is 15.5 Å². The Bertz CT molecular complexity index is 1730. The summed E-state index contributed by atoms with van der Waals surface area (Å²) in [5, 5.41) is 21.3. The number of rotatable bonds is 7. The molecule has 4 rings (SSSR count). The van der Waals surface area contributed by atoms with Gasteiger partial charge < -0.3 is 15.0 Å². The van der Waals surface area contributed by atoms with Gasteiger partial charge in [0.2, 0.25) is 17.7 Å². The number of nitrogens with one attached hydrogen (secondary N) is 1. The minimum Gasteiger partial charge on any atom is -0.438 e. The van der Waals surface area contributed by atoms with E-state index in [-0.39, 0.29) is 24.9 Å². The number of sulfonamides is 1. The zero-order valence-electron chi connectivity index (χ0n) is 22.9. The van der Waals surface area contributed by atoms with E-state index in [1.165, 1.54) is 23.2 Å². The number of nitriles is 2. The van der Waals surface area contributed by atoms with Gasteiger partial charge in [-0.2, -0.15) is 33.0 Å². The van der Waals surface area contributed by atoms with Crippen LogP contribution in [0, 0.1) is 36.5 Å². The molecule has 1 fully saturated rings. The fourth-order valence-corrected chi connectivity index (χ4v) is 5.16. The number of carbonyl (C=O) groups is 1. The molecule has 3 aromatic rings. The second-order valence-corrected chi connectivity index (χ2v) is 11.4. The quantitative estimate of drug-likeness (QED) is 0.384. The van der Waals surface area contributed by atoms with Crippen molar-refractivity contribution < 1.29 is 31.1 Å². The number of ether oxygens (including phenoxy) is 1. The Morgan fingerprint density at radius 1 is 1.02 bits per heavy atom. The lowest BCUT2D eigenvalue weighted by Crippen LogP contribution is -2.53. The normalized spacial score (nSPS) is 14.3. The lowest BCUT2D eigenvalue weighted by molar-refractivity contribution is -0.127. The molecule has 2 aromatic carbocycles. The topological polar surface area (TPSA) is 152 Å². The van der Waals surface area contributed by atoms with Gasteiger partial charge in [-0.05, 0) is 67.4 Å². The minimum atomic E-state index is -5.47. The van der Waals surface area contributed by atoms with Crippen molar-refractivity contribution in [1.82, 2.24) is 19.2 Å². The van der Waals surface area contributed by atoms with E-state index in [0.29, 0.717) is 43.6 Å². The SMILES string of the molecule is Cc1cc(C#N)cc(C)c1Oc1nc(Nc2ccc(C#N)cc2)ncc1/C=C/C(=O)N1CCN(S(=O)(=O)C(F)(F)F)CC1. The van der Waals surface area contributed by atoms with Gasteiger partial charge in [0.15, 0.2) is 0 Å². The highest BCUT2D eigenvalue weighted by Crippen LogP contribution is 2.32. The van der Waals surface area contributed by atoms with Gasteiger partial charge in [-0.1, -0.05) is 0 Å². The summed E-state index contributed by atoms with van der Waals surface area (Å²) in [4.78, 5) is 22.8. The number of carbonyl (C=O) groups excluding carboxylic acids is 1. The van der Waals surface area contributed by atoms with E-state index >= 15 is 0 Å². The van der Waals surface area contributed by atoms with Crippen molar-refractivity contribution in [3.63, 3.8) is 0 Å². The summed E-state index contributed by atoms with van der Waals surface area (Å²) in [5.41, 5.74) is -2.29. The third kappa shape index (κ3) is 7.09. The van der Waals surface area contributed by atoms with Crippen LogP contribution in [-0.2, 0) is 14.8 Å². The summed E-state index contributed by atoms with van der Waals surface area (Å²) in [6.45, 7) is 2.08. The van der Waals surface area contributed by atoms with Crippen LogP contribution in [0.4, 0.5) is 24.8 Å². The Morgan fingerprint density at radius 3 is 2.19 bits per heavy atom. The molecule has 0 atom stereocenters. The van der Waals surface area contributed by atoms with Crippen LogP contribution < -0.4 is 10.1 Å². The van der Waals surface area contributed by atoms with Crippen LogP contribution in [0.25, 0.3) is 6.08 Å². The van der Waals surface area contributed by atoms with Gasteiger partial charge in [-0.3, -0.25) is 4.79 Å². The number of anilines is 2. The predicted molar refractivity (Wildman–Crippen MR) is 149 cm³/mol. The van der Waals surface area contributed by atoms with Crippen molar-refractivity contribution in [2.75, 3.05) is 31.5 Å². The molecule has 0 spiro atoms. The Kier molecular flexibility index (Phi) is 8.99. The molecule has 1 aromatic heterocycles. The van der Waals surface area contributed by atoms with Crippen LogP contribution in [0.5, 0.6) is 11.6 Å². The molecule has 0 saturated carbocycles. The highest BCUT2D eigenvalue weighted by Gasteiger charge is 2.50. The Morgan fingerprint density at radius 2 is 1.63 bits per heavy atom. The number of amides is 1. The van der Waals surface area contributed by atoms with Crippen LogP contribution in [0.15, 0.2) is 48.7 Å². The molecule has 43 heavy (non-hydrogen) atoms. The molecule has 2 heterocycles. The summed E-state index contributed by atoms with van der Waals surface area (Å²) in [7, 11) is -5.47. The van der Waals surface area contributed by atoms with Crippen molar-refractivity contribution in [2.24, 2.45) is 0 Å². The molecule has 15 heteroatoms. The van der Waals surface area contributed by atoms with E-state index in [2.05, 4.69) is 21.4 Å². The van der Waals surface area contributed by atoms with E-state index in [4.69, 9.17) is 10.00 Å². The van der Waals surface area contributed by atoms with Gasteiger partial charge in [-0.15, -0.1) is 0 Å². The first-order valence-electron chi connectivity index (χ1n) is 12.7. The second kappa shape index (κ2) is 12.5. The Labute approximate surface area is 245 Å². The van der Waals surface area contributed by atoms with Crippen molar-refractivity contribution in [2.45, 2.75) is 19.4 Å². The van der Waals surface area contributed by atoms with Crippen molar-refractivity contribution in [1.29, 1.82) is 10.5 Å². The monoisotopic (exact) mass is 611 g/mol. The van der Waals surface area contributed by atoms with Crippen LogP contribution in [0.3, 0.4) is 0 Å². The summed E-state index contributed by atoms with van der Waals surface area (Å²) in [6.07, 6.45) is 3.96. The predicted octanol–water partition coefficient (Wildman–Crippen LogP) is 4.38. The number of nitrogens with zero attached hydrogens (tertiary/aromatic N) is 6. The molecule has 0 unspecified atom stereocenters. The molecule has 11 nitrogen and oxygen atoms in total. The van der Waals surface area contributed by atoms with Gasteiger partial charge in [0, 0.05) is 44.1 Å². The average molecular weight is 612 g/mol. The summed E-state index contributed by atoms with van der Waals surface area (Å²) in [6, 6.07) is 14.0. The molecule has 1 aliphatic rings. The first kappa shape index (κ1) is 31.0. The molecular weight excluding hydrogens is 587 g/mol. The Hall–Kier alpha value is -4.99. The van der Waals surface area contributed by atoms with Gasteiger partial charge in [0.05, 0.1) is 28.8 Å². The first-order valence-corrected chi connectivity index (χ1v) is 14.1. The van der Waals surface area contributed by atoms with Crippen molar-refractivity contribution in [3.05, 3.63) is 76.5 Å². The lowest BCUT2D eigenvalue weighted by Gasteiger charge is -2.33. The first-order chi connectivity index (χ1) is 20.3. The maximum absolute atomic E-state index is 12.9. The number of aromatic nitrogens is 2. The molecule has 1 amide bonds. The molecule has 1 aliphatic heterocycles. The van der Waals surface area contributed by atoms with Gasteiger partial charge in [0.25, 0.3) is 0 Å². The number of halogens is 3. The van der Waals surface area contributed by atoms with Gasteiger partial charge in [0.1, 0.15) is 5.75 Å². The number of hydrogen-bond donors (Lipinski definition) is 1. The molecule has 1 saturated heterocycles. The van der Waals surface area contributed by atoms with Crippen LogP contribution in [-0.4, -0.2) is 65.2 Å². The largest absolute Gasteiger partial charge is 0.511 e. The lowest BCUT2D eigenvalue weighted by atomic mass is 10.1. The Balaban J connectivity index is 1.58. The maximum Gasteiger partial charge on any atom is 0.511 e. The van der Waals surface area contributed by atoms with Crippen LogP contribution in [0.2, 0.25) is 0 Å². The summed E-state index contributed by atoms with van der Waals surface area (Å²) in [5.74, 6) is 0.0897. The van der Waals surface area contributed by atoms with E-state index in [9.17, 15) is 31.6 Å². The average Bonchev–Trinajstić information content (AvgIpc) is 2.98. The van der Waals surface area contributed by atoms with Crippen LogP contribution in [0.1, 0.15) is 27.8 Å². The second-order valence-electron chi connectivity index (χ2n) is 9.43. The highest BCUT2D eigenvalue weighted by atomic mass is 32.2. The zero-order valence-corrected chi connectivity index (χ0v) is 23.7. The number of hydrogen-bond acceptors (Lipinski definition) is 9. The van der Waals surface area contributed by atoms with Crippen molar-refractivity contribution in [3.8, 4) is 23.8 Å². The standard InChI is InChI=1S/C28H24F3N7O4S/c1-18-13-21(16-33)14-19(2)25(18)42-26-22(17-34-27(36-26)35-23-6-3-20(15-32)4-7-23)5-8-24(39)37-9-11-38(12-10-37)43(40,41)28(29,30)31/h3-8,13-14,17H,9-12H2,1-2H3,(H,34,35,36)/b8-5+. The van der Waals surface area contributed by atoms with E-state index in [1.807, 2.05) is 6.07 Å². The fraction of sp³-hybridized carbons (Fsp3) is 0.250. The maximum atomic E-state index is 12.9. The molecular formula is C28H24F3N7O4S. The minimum absolute atomic E-state index is 0.0622. The van der Waals surface area contributed by atoms with E-state index < -0.39 is 34.5 Å². The summed E-state index contributed by atoms with van der Waals surface area (Å²) < 4.78 is 68.4. The number of benzene rings is 2. The molecule has 0 radical (unpaired) electrons. The molecule has 1 N–H and O–H groups in total. The zero-order chi connectivity index (χ0) is 31.4. The number of aryl methyl sites for hydroxylation is 2. The smallest absolute Gasteiger partial charge is 0.438 e. The van der Waals surface area contributed by atoms with E-state index in [0.717, 1.165) is 0 Å². The third-order valence-electron chi connectivity index (χ3n) is 6.43. The van der Waals surface area contributed by atoms with E-state index in [1.54, 1.807) is 50.2 Å². The third-order valence-corrected chi connectivity index (χ3v) is 8.06. The number of piperazine rings is 1. The fourth-order valence-electron chi connectivity index (χ4n) is 4.22. The molecule has 222 valence electrons. The van der Waals surface area contributed by atoms with Crippen molar-refractivity contribution >= 4 is 33.6 Å². The van der Waals surface area contributed by atoms with Gasteiger partial charge in [-0.25, -0.2) is 13.4 Å². The number of alkyl halides is 3. The van der Waals surface area contributed by atoms with Crippen LogP contribution >= 0.6 is 0 Å². The molecule has 0 aliphatic carbocycles. The molecule has 0 bridgehead atoms. The highest BCUT2D eigenvalue weighted by molar-refractivity contribution is 7.90. The summed E-state index contributed by atoms with van der Waals surface area (Å²) >= 11 is 0.